The lowest BCUT2D eigenvalue weighted by atomic mass is 10.0. The third-order valence-electron chi connectivity index (χ3n) is 6.17. The molecule has 0 saturated carbocycles. The number of nitrogens with one attached hydrogen (secondary N) is 1. The fourth-order valence-electron chi connectivity index (χ4n) is 4.29. The molecule has 1 unspecified atom stereocenters. The van der Waals surface area contributed by atoms with E-state index in [4.69, 9.17) is 11.6 Å². The highest BCUT2D eigenvalue weighted by molar-refractivity contribution is 7.92. The van der Waals surface area contributed by atoms with E-state index in [2.05, 4.69) is 5.32 Å². The Bertz CT molecular complexity index is 1370. The summed E-state index contributed by atoms with van der Waals surface area (Å²) in [6, 6.07) is 21.0. The Hall–Kier alpha value is -3.43. The molecule has 0 bridgehead atoms. The van der Waals surface area contributed by atoms with Crippen LogP contribution in [0.2, 0.25) is 5.02 Å². The van der Waals surface area contributed by atoms with Gasteiger partial charge in [0.15, 0.2) is 0 Å². The number of likely N-dealkylation sites (N-methyl/N-ethyl adjacent to an activating group) is 1. The van der Waals surface area contributed by atoms with Gasteiger partial charge in [-0.1, -0.05) is 66.2 Å². The van der Waals surface area contributed by atoms with Gasteiger partial charge >= 0.3 is 0 Å². The highest BCUT2D eigenvalue weighted by Gasteiger charge is 2.30. The molecule has 208 valence electrons. The zero-order valence-corrected chi connectivity index (χ0v) is 23.6. The molecule has 3 rings (SSSR count). The molecule has 0 aliphatic rings. The predicted molar refractivity (Wildman–Crippen MR) is 152 cm³/mol. The first-order chi connectivity index (χ1) is 18.6. The van der Waals surface area contributed by atoms with Crippen LogP contribution >= 0.6 is 11.6 Å². The molecule has 0 spiro atoms. The van der Waals surface area contributed by atoms with Crippen molar-refractivity contribution >= 4 is 39.1 Å². The molecule has 2 amide bonds. The monoisotopic (exact) mass is 573 g/mol. The number of halogens is 2. The van der Waals surface area contributed by atoms with Crippen LogP contribution in [0, 0.1) is 5.82 Å². The molecule has 3 aromatic carbocycles. The van der Waals surface area contributed by atoms with Crippen molar-refractivity contribution in [2.75, 3.05) is 23.7 Å². The summed E-state index contributed by atoms with van der Waals surface area (Å²) in [5, 5.41) is 3.18. The van der Waals surface area contributed by atoms with Gasteiger partial charge in [0, 0.05) is 43.1 Å². The summed E-state index contributed by atoms with van der Waals surface area (Å²) < 4.78 is 40.8. The van der Waals surface area contributed by atoms with Gasteiger partial charge in [0.2, 0.25) is 21.8 Å². The number of carbonyl (C=O) groups excluding carboxylic acids is 2. The molecule has 0 heterocycles. The first-order valence-corrected chi connectivity index (χ1v) is 14.9. The maximum absolute atomic E-state index is 14.6. The van der Waals surface area contributed by atoms with Crippen molar-refractivity contribution in [3.63, 3.8) is 0 Å². The number of hydrogen-bond acceptors (Lipinski definition) is 4. The van der Waals surface area contributed by atoms with Gasteiger partial charge < -0.3 is 10.2 Å². The highest BCUT2D eigenvalue weighted by atomic mass is 35.5. The minimum Gasteiger partial charge on any atom is -0.355 e. The Kier molecular flexibility index (Phi) is 10.9. The first-order valence-electron chi connectivity index (χ1n) is 12.7. The number of rotatable bonds is 13. The molecule has 0 aliphatic carbocycles. The van der Waals surface area contributed by atoms with Gasteiger partial charge in [0.1, 0.15) is 11.9 Å². The highest BCUT2D eigenvalue weighted by Crippen LogP contribution is 2.23. The first kappa shape index (κ1) is 30.1. The number of benzene rings is 3. The van der Waals surface area contributed by atoms with Crippen LogP contribution in [0.15, 0.2) is 78.9 Å². The molecule has 7 nitrogen and oxygen atoms in total. The summed E-state index contributed by atoms with van der Waals surface area (Å²) in [7, 11) is -3.65. The Morgan fingerprint density at radius 3 is 2.33 bits per heavy atom. The Balaban J connectivity index is 1.87. The fourth-order valence-corrected chi connectivity index (χ4v) is 5.43. The normalized spacial score (nSPS) is 12.0. The third kappa shape index (κ3) is 8.80. The number of amides is 2. The van der Waals surface area contributed by atoms with E-state index in [1.165, 1.54) is 15.3 Å². The number of sulfonamides is 1. The molecule has 1 N–H and O–H groups in total. The second-order valence-corrected chi connectivity index (χ2v) is 11.5. The van der Waals surface area contributed by atoms with Gasteiger partial charge in [-0.2, -0.15) is 0 Å². The molecule has 39 heavy (non-hydrogen) atoms. The van der Waals surface area contributed by atoms with Crippen molar-refractivity contribution in [1.82, 2.24) is 10.2 Å². The molecular formula is C29H33ClFN3O4S. The summed E-state index contributed by atoms with van der Waals surface area (Å²) in [6.07, 6.45) is 1.46. The fraction of sp³-hybridized carbons (Fsp3) is 0.310. The second-order valence-electron chi connectivity index (χ2n) is 9.13. The Morgan fingerprint density at radius 2 is 1.69 bits per heavy atom. The van der Waals surface area contributed by atoms with E-state index in [0.29, 0.717) is 17.3 Å². The lowest BCUT2D eigenvalue weighted by Gasteiger charge is -2.32. The van der Waals surface area contributed by atoms with E-state index >= 15 is 0 Å². The van der Waals surface area contributed by atoms with Crippen molar-refractivity contribution in [2.45, 2.75) is 38.8 Å². The largest absolute Gasteiger partial charge is 0.355 e. The van der Waals surface area contributed by atoms with Crippen molar-refractivity contribution in [3.8, 4) is 0 Å². The van der Waals surface area contributed by atoms with Gasteiger partial charge in [0.05, 0.1) is 11.9 Å². The van der Waals surface area contributed by atoms with E-state index in [9.17, 15) is 22.4 Å². The maximum atomic E-state index is 14.6. The SMILES string of the molecule is CCNC(=O)C(Cc1ccccc1)N(Cc1ccccc1F)C(=O)CCCN(c1cccc(Cl)c1)S(C)(=O)=O. The number of anilines is 1. The van der Waals surface area contributed by atoms with Crippen LogP contribution in [0.4, 0.5) is 10.1 Å². The van der Waals surface area contributed by atoms with E-state index in [1.54, 1.807) is 49.4 Å². The van der Waals surface area contributed by atoms with E-state index in [-0.39, 0.29) is 49.7 Å². The smallest absolute Gasteiger partial charge is 0.243 e. The summed E-state index contributed by atoms with van der Waals surface area (Å²) in [6.45, 7) is 2.08. The summed E-state index contributed by atoms with van der Waals surface area (Å²) in [5.74, 6) is -1.21. The van der Waals surface area contributed by atoms with Gasteiger partial charge in [-0.05, 0) is 43.2 Å². The van der Waals surface area contributed by atoms with Crippen LogP contribution in [-0.2, 0) is 32.6 Å². The van der Waals surface area contributed by atoms with E-state index < -0.39 is 21.9 Å². The minimum atomic E-state index is -3.65. The quantitative estimate of drug-likeness (QED) is 0.318. The summed E-state index contributed by atoms with van der Waals surface area (Å²) in [5.41, 5.74) is 1.53. The van der Waals surface area contributed by atoms with Crippen LogP contribution in [0.3, 0.4) is 0 Å². The van der Waals surface area contributed by atoms with Gasteiger partial charge in [-0.15, -0.1) is 0 Å². The van der Waals surface area contributed by atoms with Crippen molar-refractivity contribution in [3.05, 3.63) is 101 Å². The van der Waals surface area contributed by atoms with Crippen molar-refractivity contribution in [1.29, 1.82) is 0 Å². The number of nitrogens with zero attached hydrogens (tertiary/aromatic N) is 2. The number of hydrogen-bond donors (Lipinski definition) is 1. The molecule has 10 heteroatoms. The molecule has 0 aromatic heterocycles. The molecule has 0 saturated heterocycles. The standard InChI is InChI=1S/C29H33ClFN3O4S/c1-3-32-29(36)27(19-22-11-5-4-6-12-22)33(21-23-13-7-8-16-26(23)31)28(35)17-10-18-34(39(2,37)38)25-15-9-14-24(30)20-25/h4-9,11-16,20,27H,3,10,17-19,21H2,1-2H3,(H,32,36). The Labute approximate surface area is 234 Å². The molecule has 1 atom stereocenters. The van der Waals surface area contributed by atoms with Crippen molar-refractivity contribution < 1.29 is 22.4 Å². The van der Waals surface area contributed by atoms with Crippen LogP contribution in [0.25, 0.3) is 0 Å². The van der Waals surface area contributed by atoms with Crippen LogP contribution < -0.4 is 9.62 Å². The zero-order chi connectivity index (χ0) is 28.4. The average Bonchev–Trinajstić information content (AvgIpc) is 2.89. The van der Waals surface area contributed by atoms with Gasteiger partial charge in [-0.3, -0.25) is 13.9 Å². The van der Waals surface area contributed by atoms with Crippen LogP contribution in [0.5, 0.6) is 0 Å². The Morgan fingerprint density at radius 1 is 1.00 bits per heavy atom. The van der Waals surface area contributed by atoms with Crippen LogP contribution in [0.1, 0.15) is 30.9 Å². The van der Waals surface area contributed by atoms with Gasteiger partial charge in [0.25, 0.3) is 0 Å². The summed E-state index contributed by atoms with van der Waals surface area (Å²) in [4.78, 5) is 28.2. The predicted octanol–water partition coefficient (Wildman–Crippen LogP) is 4.80. The lowest BCUT2D eigenvalue weighted by molar-refractivity contribution is -0.141. The lowest BCUT2D eigenvalue weighted by Crippen LogP contribution is -2.50. The van der Waals surface area contributed by atoms with Gasteiger partial charge in [-0.25, -0.2) is 12.8 Å². The molecule has 0 fully saturated rings. The van der Waals surface area contributed by atoms with Crippen LogP contribution in [-0.4, -0.2) is 50.5 Å². The van der Waals surface area contributed by atoms with E-state index in [0.717, 1.165) is 11.8 Å². The zero-order valence-electron chi connectivity index (χ0n) is 22.0. The third-order valence-corrected chi connectivity index (χ3v) is 7.60. The molecule has 3 aromatic rings. The van der Waals surface area contributed by atoms with Crippen molar-refractivity contribution in [2.24, 2.45) is 0 Å². The average molecular weight is 574 g/mol. The topological polar surface area (TPSA) is 86.8 Å². The summed E-state index contributed by atoms with van der Waals surface area (Å²) >= 11 is 6.06. The minimum absolute atomic E-state index is 0.0307. The molecule has 0 aliphatic heterocycles. The van der Waals surface area contributed by atoms with E-state index in [1.807, 2.05) is 30.3 Å². The maximum Gasteiger partial charge on any atom is 0.243 e. The molecular weight excluding hydrogens is 541 g/mol. The number of carbonyl (C=O) groups is 2. The molecule has 0 radical (unpaired) electrons. The second kappa shape index (κ2) is 14.1.